The lowest BCUT2D eigenvalue weighted by atomic mass is 9.85. The molecule has 3 heteroatoms. The summed E-state index contributed by atoms with van der Waals surface area (Å²) in [6, 6.07) is 19.3. The van der Waals surface area contributed by atoms with Gasteiger partial charge in [0.15, 0.2) is 0 Å². The molecule has 1 aliphatic heterocycles. The zero-order chi connectivity index (χ0) is 21.9. The van der Waals surface area contributed by atoms with Crippen molar-refractivity contribution in [3.05, 3.63) is 71.3 Å². The standard InChI is InChI=1S/C29H38N2O/c1-22-10-8-9-15-27(22)28-21-30(18-23-16-17-23)19-25(28)20-31(26-13-6-3-7-14-26)29(32)24-11-4-2-5-12-24/h2,4-5,8-12,15,23,25-26,28H,3,6-7,13-14,16-21H2,1H3/t25-,28-/m0/s1. The van der Waals surface area contributed by atoms with E-state index in [4.69, 9.17) is 0 Å². The largest absolute Gasteiger partial charge is 0.335 e. The van der Waals surface area contributed by atoms with E-state index >= 15 is 0 Å². The molecule has 0 unspecified atom stereocenters. The van der Waals surface area contributed by atoms with Gasteiger partial charge in [0.1, 0.15) is 0 Å². The number of carbonyl (C=O) groups excluding carboxylic acids is 1. The van der Waals surface area contributed by atoms with Gasteiger partial charge in [-0.15, -0.1) is 0 Å². The van der Waals surface area contributed by atoms with Gasteiger partial charge in [0.05, 0.1) is 0 Å². The molecule has 2 saturated carbocycles. The minimum absolute atomic E-state index is 0.238. The van der Waals surface area contributed by atoms with Crippen LogP contribution in [0.3, 0.4) is 0 Å². The molecule has 2 aromatic carbocycles. The number of nitrogens with zero attached hydrogens (tertiary/aromatic N) is 2. The van der Waals surface area contributed by atoms with Crippen molar-refractivity contribution in [2.75, 3.05) is 26.2 Å². The first-order valence-electron chi connectivity index (χ1n) is 12.8. The number of rotatable bonds is 7. The summed E-state index contributed by atoms with van der Waals surface area (Å²) in [5, 5.41) is 0. The van der Waals surface area contributed by atoms with Crippen LogP contribution >= 0.6 is 0 Å². The highest BCUT2D eigenvalue weighted by molar-refractivity contribution is 5.94. The quantitative estimate of drug-likeness (QED) is 0.546. The van der Waals surface area contributed by atoms with E-state index in [1.54, 1.807) is 0 Å². The van der Waals surface area contributed by atoms with Gasteiger partial charge in [-0.3, -0.25) is 4.79 Å². The SMILES string of the molecule is Cc1ccccc1[C@H]1CN(CC2CC2)C[C@H]1CN(C(=O)c1ccccc1)C1CCCCC1. The van der Waals surface area contributed by atoms with Crippen LogP contribution in [0.25, 0.3) is 0 Å². The average Bonchev–Trinajstić information content (AvgIpc) is 3.56. The van der Waals surface area contributed by atoms with Crippen molar-refractivity contribution in [2.45, 2.75) is 63.8 Å². The van der Waals surface area contributed by atoms with Gasteiger partial charge in [0.2, 0.25) is 0 Å². The van der Waals surface area contributed by atoms with Crippen LogP contribution < -0.4 is 0 Å². The second-order valence-corrected chi connectivity index (χ2v) is 10.5. The minimum Gasteiger partial charge on any atom is -0.335 e. The monoisotopic (exact) mass is 430 g/mol. The van der Waals surface area contributed by atoms with Crippen molar-refractivity contribution in [3.8, 4) is 0 Å². The van der Waals surface area contributed by atoms with Crippen molar-refractivity contribution in [1.82, 2.24) is 9.80 Å². The topological polar surface area (TPSA) is 23.6 Å². The molecule has 2 atom stereocenters. The van der Waals surface area contributed by atoms with Crippen LogP contribution in [0.15, 0.2) is 54.6 Å². The summed E-state index contributed by atoms with van der Waals surface area (Å²) in [4.78, 5) is 18.7. The van der Waals surface area contributed by atoms with E-state index in [0.717, 1.165) is 44.0 Å². The van der Waals surface area contributed by atoms with Crippen molar-refractivity contribution in [1.29, 1.82) is 0 Å². The summed E-state index contributed by atoms with van der Waals surface area (Å²) < 4.78 is 0. The molecule has 0 spiro atoms. The summed E-state index contributed by atoms with van der Waals surface area (Å²) in [5.74, 6) is 2.17. The Labute approximate surface area is 193 Å². The number of hydrogen-bond donors (Lipinski definition) is 0. The smallest absolute Gasteiger partial charge is 0.254 e. The molecule has 3 nitrogen and oxygen atoms in total. The fourth-order valence-electron chi connectivity index (χ4n) is 6.11. The summed E-state index contributed by atoms with van der Waals surface area (Å²) in [7, 11) is 0. The third-order valence-electron chi connectivity index (χ3n) is 8.05. The van der Waals surface area contributed by atoms with Gasteiger partial charge >= 0.3 is 0 Å². The molecule has 0 radical (unpaired) electrons. The first kappa shape index (κ1) is 21.7. The predicted molar refractivity (Wildman–Crippen MR) is 131 cm³/mol. The molecule has 1 saturated heterocycles. The molecule has 0 aromatic heterocycles. The Bertz CT molecular complexity index is 900. The zero-order valence-electron chi connectivity index (χ0n) is 19.6. The fraction of sp³-hybridized carbons (Fsp3) is 0.552. The Hall–Kier alpha value is -2.13. The molecule has 2 aliphatic carbocycles. The number of hydrogen-bond acceptors (Lipinski definition) is 2. The Morgan fingerprint density at radius 3 is 2.34 bits per heavy atom. The number of aryl methyl sites for hydroxylation is 1. The Morgan fingerprint density at radius 2 is 1.62 bits per heavy atom. The molecule has 0 bridgehead atoms. The van der Waals surface area contributed by atoms with Crippen LogP contribution in [0.1, 0.15) is 72.3 Å². The fourth-order valence-corrected chi connectivity index (χ4v) is 6.11. The van der Waals surface area contributed by atoms with Crippen molar-refractivity contribution in [3.63, 3.8) is 0 Å². The van der Waals surface area contributed by atoms with Gasteiger partial charge in [-0.25, -0.2) is 0 Å². The van der Waals surface area contributed by atoms with Crippen LogP contribution in [-0.4, -0.2) is 47.9 Å². The third-order valence-corrected chi connectivity index (χ3v) is 8.05. The predicted octanol–water partition coefficient (Wildman–Crippen LogP) is 5.90. The van der Waals surface area contributed by atoms with Crippen molar-refractivity contribution >= 4 is 5.91 Å². The van der Waals surface area contributed by atoms with E-state index in [9.17, 15) is 4.79 Å². The first-order chi connectivity index (χ1) is 15.7. The zero-order valence-corrected chi connectivity index (χ0v) is 19.6. The molecule has 1 amide bonds. The van der Waals surface area contributed by atoms with Crippen LogP contribution in [-0.2, 0) is 0 Å². The molecule has 5 rings (SSSR count). The van der Waals surface area contributed by atoms with Gasteiger partial charge < -0.3 is 9.80 Å². The molecular weight excluding hydrogens is 392 g/mol. The first-order valence-corrected chi connectivity index (χ1v) is 12.8. The van der Waals surface area contributed by atoms with E-state index in [2.05, 4.69) is 41.0 Å². The maximum Gasteiger partial charge on any atom is 0.254 e. The number of likely N-dealkylation sites (tertiary alicyclic amines) is 1. The molecule has 32 heavy (non-hydrogen) atoms. The van der Waals surface area contributed by atoms with Gasteiger partial charge in [0, 0.05) is 43.7 Å². The van der Waals surface area contributed by atoms with Gasteiger partial charge in [0.25, 0.3) is 5.91 Å². The maximum atomic E-state index is 13.7. The highest BCUT2D eigenvalue weighted by Gasteiger charge is 2.39. The van der Waals surface area contributed by atoms with Crippen molar-refractivity contribution in [2.24, 2.45) is 11.8 Å². The second-order valence-electron chi connectivity index (χ2n) is 10.5. The molecule has 3 aliphatic rings. The van der Waals surface area contributed by atoms with E-state index in [1.165, 1.54) is 49.8 Å². The summed E-state index contributed by atoms with van der Waals surface area (Å²) in [6.45, 7) is 6.66. The summed E-state index contributed by atoms with van der Waals surface area (Å²) >= 11 is 0. The molecule has 3 fully saturated rings. The third kappa shape index (κ3) is 4.93. The van der Waals surface area contributed by atoms with E-state index in [0.29, 0.717) is 17.9 Å². The average molecular weight is 431 g/mol. The van der Waals surface area contributed by atoms with Crippen LogP contribution in [0, 0.1) is 18.8 Å². The van der Waals surface area contributed by atoms with Crippen LogP contribution in [0.5, 0.6) is 0 Å². The second kappa shape index (κ2) is 9.79. The summed E-state index contributed by atoms with van der Waals surface area (Å²) in [5.41, 5.74) is 3.74. The van der Waals surface area contributed by atoms with E-state index in [1.807, 2.05) is 30.3 Å². The van der Waals surface area contributed by atoms with Crippen molar-refractivity contribution < 1.29 is 4.79 Å². The number of benzene rings is 2. The Morgan fingerprint density at radius 1 is 0.906 bits per heavy atom. The Kier molecular flexibility index (Phi) is 6.64. The molecule has 1 heterocycles. The van der Waals surface area contributed by atoms with Gasteiger partial charge in [-0.05, 0) is 67.7 Å². The maximum absolute atomic E-state index is 13.7. The normalized spacial score (nSPS) is 24.5. The van der Waals surface area contributed by atoms with E-state index < -0.39 is 0 Å². The molecular formula is C29H38N2O. The molecule has 2 aromatic rings. The summed E-state index contributed by atoms with van der Waals surface area (Å²) in [6.07, 6.45) is 8.94. The highest BCUT2D eigenvalue weighted by atomic mass is 16.2. The lowest BCUT2D eigenvalue weighted by molar-refractivity contribution is 0.0588. The number of carbonyl (C=O) groups is 1. The van der Waals surface area contributed by atoms with E-state index in [-0.39, 0.29) is 5.91 Å². The van der Waals surface area contributed by atoms with Crippen LogP contribution in [0.2, 0.25) is 0 Å². The minimum atomic E-state index is 0.238. The Balaban J connectivity index is 1.41. The molecule has 170 valence electrons. The van der Waals surface area contributed by atoms with Crippen LogP contribution in [0.4, 0.5) is 0 Å². The lowest BCUT2D eigenvalue weighted by Crippen LogP contribution is -2.45. The van der Waals surface area contributed by atoms with Gasteiger partial charge in [-0.1, -0.05) is 61.7 Å². The lowest BCUT2D eigenvalue weighted by Gasteiger charge is -2.37. The number of amides is 1. The van der Waals surface area contributed by atoms with Gasteiger partial charge in [-0.2, -0.15) is 0 Å². The molecule has 0 N–H and O–H groups in total. The highest BCUT2D eigenvalue weighted by Crippen LogP contribution is 2.39.